The molecular weight excluding hydrogens is 467 g/mol. The third kappa shape index (κ3) is 6.10. The van der Waals surface area contributed by atoms with Gasteiger partial charge in [0.15, 0.2) is 0 Å². The van der Waals surface area contributed by atoms with Crippen LogP contribution in [0.25, 0.3) is 0 Å². The zero-order chi connectivity index (χ0) is 24.2. The van der Waals surface area contributed by atoms with Crippen LogP contribution in [0.3, 0.4) is 0 Å². The van der Waals surface area contributed by atoms with Gasteiger partial charge in [-0.2, -0.15) is 0 Å². The first-order valence-electron chi connectivity index (χ1n) is 10.1. The zero-order valence-electron chi connectivity index (χ0n) is 18.4. The van der Waals surface area contributed by atoms with Gasteiger partial charge in [-0.05, 0) is 74.0 Å². The molecule has 9 heteroatoms. The van der Waals surface area contributed by atoms with Gasteiger partial charge in [0.25, 0.3) is 15.9 Å². The lowest BCUT2D eigenvalue weighted by Gasteiger charge is -2.20. The van der Waals surface area contributed by atoms with Crippen molar-refractivity contribution in [2.24, 2.45) is 0 Å². The zero-order valence-corrected chi connectivity index (χ0v) is 20.0. The molecule has 0 bridgehead atoms. The molecular formula is C24H24ClFN2O4S. The summed E-state index contributed by atoms with van der Waals surface area (Å²) in [5.41, 5.74) is 1.69. The van der Waals surface area contributed by atoms with E-state index in [-0.39, 0.29) is 27.3 Å². The van der Waals surface area contributed by atoms with Crippen LogP contribution in [-0.2, 0) is 21.4 Å². The summed E-state index contributed by atoms with van der Waals surface area (Å²) in [5.74, 6) is -1.03. The van der Waals surface area contributed by atoms with Crippen LogP contribution in [0.1, 0.15) is 29.8 Å². The van der Waals surface area contributed by atoms with E-state index >= 15 is 0 Å². The average molecular weight is 491 g/mol. The third-order valence-corrected chi connectivity index (χ3v) is 6.91. The number of benzene rings is 3. The Kier molecular flexibility index (Phi) is 7.73. The summed E-state index contributed by atoms with van der Waals surface area (Å²) in [5, 5.41) is 2.85. The summed E-state index contributed by atoms with van der Waals surface area (Å²) in [6.07, 6.45) is 0.0692. The molecule has 3 aromatic carbocycles. The van der Waals surface area contributed by atoms with Gasteiger partial charge in [0.2, 0.25) is 0 Å². The van der Waals surface area contributed by atoms with Gasteiger partial charge in [-0.3, -0.25) is 9.10 Å². The molecule has 0 aliphatic rings. The molecule has 3 aromatic rings. The van der Waals surface area contributed by atoms with E-state index in [2.05, 4.69) is 5.32 Å². The molecule has 0 aliphatic carbocycles. The monoisotopic (exact) mass is 490 g/mol. The fourth-order valence-electron chi connectivity index (χ4n) is 2.99. The minimum Gasteiger partial charge on any atom is -0.374 e. The highest BCUT2D eigenvalue weighted by molar-refractivity contribution is 7.92. The predicted octanol–water partition coefficient (Wildman–Crippen LogP) is 5.48. The highest BCUT2D eigenvalue weighted by Gasteiger charge is 2.24. The van der Waals surface area contributed by atoms with Crippen LogP contribution < -0.4 is 9.62 Å². The van der Waals surface area contributed by atoms with Gasteiger partial charge >= 0.3 is 0 Å². The minimum atomic E-state index is -4.02. The molecule has 174 valence electrons. The molecule has 0 saturated carbocycles. The third-order valence-electron chi connectivity index (χ3n) is 4.80. The van der Waals surface area contributed by atoms with Gasteiger partial charge in [-0.1, -0.05) is 23.7 Å². The smallest absolute Gasteiger partial charge is 0.264 e. The average Bonchev–Trinajstić information content (AvgIpc) is 2.78. The van der Waals surface area contributed by atoms with Crippen molar-refractivity contribution in [3.05, 3.63) is 88.7 Å². The SMILES string of the molecule is CC(C)OCc1cccc(NC(=O)c2cc(S(=O)(=O)N(C)c3ccc(F)cc3)ccc2Cl)c1. The van der Waals surface area contributed by atoms with Crippen LogP contribution in [0.2, 0.25) is 5.02 Å². The van der Waals surface area contributed by atoms with Gasteiger partial charge < -0.3 is 10.1 Å². The van der Waals surface area contributed by atoms with Gasteiger partial charge in [-0.25, -0.2) is 12.8 Å². The van der Waals surface area contributed by atoms with Crippen molar-refractivity contribution < 1.29 is 22.3 Å². The molecule has 33 heavy (non-hydrogen) atoms. The molecule has 0 spiro atoms. The number of sulfonamides is 1. The predicted molar refractivity (Wildman–Crippen MR) is 128 cm³/mol. The first kappa shape index (κ1) is 24.7. The number of nitrogens with zero attached hydrogens (tertiary/aromatic N) is 1. The van der Waals surface area contributed by atoms with E-state index in [1.54, 1.807) is 18.2 Å². The van der Waals surface area contributed by atoms with Gasteiger partial charge in [-0.15, -0.1) is 0 Å². The molecule has 3 rings (SSSR count). The lowest BCUT2D eigenvalue weighted by atomic mass is 10.1. The number of ether oxygens (including phenoxy) is 1. The summed E-state index contributed by atoms with van der Waals surface area (Å²) in [4.78, 5) is 12.8. The van der Waals surface area contributed by atoms with E-state index in [9.17, 15) is 17.6 Å². The van der Waals surface area contributed by atoms with Crippen molar-refractivity contribution in [2.45, 2.75) is 31.5 Å². The number of carbonyl (C=O) groups is 1. The van der Waals surface area contributed by atoms with Crippen molar-refractivity contribution in [1.29, 1.82) is 0 Å². The molecule has 0 unspecified atom stereocenters. The van der Waals surface area contributed by atoms with Crippen LogP contribution in [-0.4, -0.2) is 27.5 Å². The number of hydrogen-bond donors (Lipinski definition) is 1. The van der Waals surface area contributed by atoms with Crippen molar-refractivity contribution >= 4 is 38.9 Å². The molecule has 0 fully saturated rings. The molecule has 6 nitrogen and oxygen atoms in total. The second-order valence-corrected chi connectivity index (χ2v) is 9.98. The van der Waals surface area contributed by atoms with Gasteiger partial charge in [0.1, 0.15) is 5.82 Å². The van der Waals surface area contributed by atoms with Crippen LogP contribution in [0.5, 0.6) is 0 Å². The molecule has 1 amide bonds. The number of halogens is 2. The fraction of sp³-hybridized carbons (Fsp3) is 0.208. The lowest BCUT2D eigenvalue weighted by molar-refractivity contribution is 0.0657. The highest BCUT2D eigenvalue weighted by Crippen LogP contribution is 2.26. The number of carbonyl (C=O) groups excluding carboxylic acids is 1. The van der Waals surface area contributed by atoms with E-state index in [0.29, 0.717) is 12.3 Å². The number of anilines is 2. The Bertz CT molecular complexity index is 1250. The Morgan fingerprint density at radius 3 is 2.45 bits per heavy atom. The first-order valence-corrected chi connectivity index (χ1v) is 12.0. The van der Waals surface area contributed by atoms with Gasteiger partial charge in [0.05, 0.1) is 33.9 Å². The normalized spacial score (nSPS) is 11.5. The first-order chi connectivity index (χ1) is 15.6. The largest absolute Gasteiger partial charge is 0.374 e. The number of hydrogen-bond acceptors (Lipinski definition) is 4. The summed E-state index contributed by atoms with van der Waals surface area (Å²) in [6, 6.07) is 16.1. The molecule has 0 radical (unpaired) electrons. The Morgan fingerprint density at radius 2 is 1.79 bits per heavy atom. The maximum absolute atomic E-state index is 13.2. The van der Waals surface area contributed by atoms with E-state index < -0.39 is 21.7 Å². The number of nitrogens with one attached hydrogen (secondary N) is 1. The quantitative estimate of drug-likeness (QED) is 0.453. The Morgan fingerprint density at radius 1 is 1.09 bits per heavy atom. The Balaban J connectivity index is 1.84. The summed E-state index contributed by atoms with van der Waals surface area (Å²) in [6.45, 7) is 4.26. The van der Waals surface area contributed by atoms with Gasteiger partial charge in [0, 0.05) is 12.7 Å². The van der Waals surface area contributed by atoms with Crippen LogP contribution >= 0.6 is 11.6 Å². The summed E-state index contributed by atoms with van der Waals surface area (Å²) < 4.78 is 46.0. The minimum absolute atomic E-state index is 0.00841. The fourth-order valence-corrected chi connectivity index (χ4v) is 4.41. The number of amides is 1. The highest BCUT2D eigenvalue weighted by atomic mass is 35.5. The molecule has 0 aromatic heterocycles. The maximum atomic E-state index is 13.2. The summed E-state index contributed by atoms with van der Waals surface area (Å²) >= 11 is 6.21. The van der Waals surface area contributed by atoms with E-state index in [4.69, 9.17) is 16.3 Å². The second kappa shape index (κ2) is 10.3. The van der Waals surface area contributed by atoms with Crippen molar-refractivity contribution in [2.75, 3.05) is 16.7 Å². The molecule has 0 atom stereocenters. The van der Waals surface area contributed by atoms with Crippen molar-refractivity contribution in [3.63, 3.8) is 0 Å². The van der Waals surface area contributed by atoms with E-state index in [1.165, 1.54) is 49.5 Å². The van der Waals surface area contributed by atoms with Crippen LogP contribution in [0.15, 0.2) is 71.6 Å². The van der Waals surface area contributed by atoms with E-state index in [0.717, 1.165) is 9.87 Å². The Labute approximate surface area is 198 Å². The van der Waals surface area contributed by atoms with Crippen LogP contribution in [0, 0.1) is 5.82 Å². The second-order valence-electron chi connectivity index (χ2n) is 7.60. The molecule has 0 aliphatic heterocycles. The van der Waals surface area contributed by atoms with Crippen molar-refractivity contribution in [3.8, 4) is 0 Å². The van der Waals surface area contributed by atoms with Crippen molar-refractivity contribution in [1.82, 2.24) is 0 Å². The molecule has 1 N–H and O–H groups in total. The standard InChI is InChI=1S/C24H24ClFN2O4S/c1-16(2)32-15-17-5-4-6-19(13-17)27-24(29)22-14-21(11-12-23(22)25)33(30,31)28(3)20-9-7-18(26)8-10-20/h4-14,16H,15H2,1-3H3,(H,27,29). The summed E-state index contributed by atoms with van der Waals surface area (Å²) in [7, 11) is -2.67. The molecule has 0 saturated heterocycles. The number of rotatable bonds is 8. The Hall–Kier alpha value is -2.94. The molecule has 0 heterocycles. The maximum Gasteiger partial charge on any atom is 0.264 e. The lowest BCUT2D eigenvalue weighted by Crippen LogP contribution is -2.27. The van der Waals surface area contributed by atoms with E-state index in [1.807, 2.05) is 19.9 Å². The topological polar surface area (TPSA) is 75.7 Å². The van der Waals surface area contributed by atoms with Crippen LogP contribution in [0.4, 0.5) is 15.8 Å².